The van der Waals surface area contributed by atoms with Gasteiger partial charge in [-0.2, -0.15) is 0 Å². The summed E-state index contributed by atoms with van der Waals surface area (Å²) in [5.74, 6) is 0. The topological polar surface area (TPSA) is 12.5 Å². The highest BCUT2D eigenvalue weighted by molar-refractivity contribution is 9.09. The number of rotatable bonds is 3. The molecule has 3 heteroatoms. The number of hydrogen-bond donors (Lipinski definition) is 0. The van der Waals surface area contributed by atoms with E-state index in [1.807, 2.05) is 0 Å². The van der Waals surface area contributed by atoms with E-state index in [1.165, 1.54) is 45.3 Å². The first-order valence-electron chi connectivity index (χ1n) is 5.32. The number of likely N-dealkylation sites (tertiary alicyclic amines) is 1. The number of halogens is 1. The first-order valence-corrected chi connectivity index (χ1v) is 6.24. The van der Waals surface area contributed by atoms with Gasteiger partial charge in [0.05, 0.1) is 6.10 Å². The van der Waals surface area contributed by atoms with Crippen LogP contribution in [-0.4, -0.2) is 42.1 Å². The molecule has 13 heavy (non-hydrogen) atoms. The first-order chi connectivity index (χ1) is 6.34. The summed E-state index contributed by atoms with van der Waals surface area (Å²) >= 11 is 3.66. The summed E-state index contributed by atoms with van der Waals surface area (Å²) in [7, 11) is 0. The van der Waals surface area contributed by atoms with Crippen LogP contribution in [0.3, 0.4) is 0 Å². The molecule has 2 heterocycles. The fourth-order valence-electron chi connectivity index (χ4n) is 2.19. The minimum atomic E-state index is 0.564. The van der Waals surface area contributed by atoms with E-state index in [0.717, 1.165) is 11.4 Å². The Labute approximate surface area is 88.8 Å². The zero-order chi connectivity index (χ0) is 9.10. The molecule has 0 aromatic carbocycles. The van der Waals surface area contributed by atoms with Gasteiger partial charge in [0.15, 0.2) is 0 Å². The lowest BCUT2D eigenvalue weighted by molar-refractivity contribution is 0.0950. The smallest absolute Gasteiger partial charge is 0.0588 e. The lowest BCUT2D eigenvalue weighted by Crippen LogP contribution is -2.25. The monoisotopic (exact) mass is 247 g/mol. The molecular formula is C10H18BrNO. The molecule has 0 saturated carbocycles. The fraction of sp³-hybridized carbons (Fsp3) is 1.00. The second-order valence-corrected chi connectivity index (χ2v) is 5.41. The lowest BCUT2D eigenvalue weighted by Gasteiger charge is -2.17. The summed E-state index contributed by atoms with van der Waals surface area (Å²) < 4.78 is 5.60. The van der Waals surface area contributed by atoms with Crippen LogP contribution in [0.5, 0.6) is 0 Å². The summed E-state index contributed by atoms with van der Waals surface area (Å²) in [5.41, 5.74) is 0. The van der Waals surface area contributed by atoms with Crippen LogP contribution in [0.15, 0.2) is 0 Å². The molecule has 0 amide bonds. The van der Waals surface area contributed by atoms with E-state index in [0.29, 0.717) is 6.10 Å². The molecule has 2 atom stereocenters. The van der Waals surface area contributed by atoms with E-state index in [4.69, 9.17) is 4.74 Å². The van der Waals surface area contributed by atoms with E-state index in [2.05, 4.69) is 20.8 Å². The Morgan fingerprint density at radius 2 is 2.31 bits per heavy atom. The Hall–Kier alpha value is 0.400. The highest BCUT2D eigenvalue weighted by Crippen LogP contribution is 2.19. The number of alkyl halides is 1. The highest BCUT2D eigenvalue weighted by Gasteiger charge is 2.22. The molecule has 2 fully saturated rings. The molecule has 0 aliphatic carbocycles. The largest absolute Gasteiger partial charge is 0.378 e. The number of hydrogen-bond acceptors (Lipinski definition) is 2. The van der Waals surface area contributed by atoms with Crippen LogP contribution < -0.4 is 0 Å². The Bertz CT molecular complexity index is 159. The average Bonchev–Trinajstić information content (AvgIpc) is 2.71. The summed E-state index contributed by atoms with van der Waals surface area (Å²) in [6.45, 7) is 4.72. The van der Waals surface area contributed by atoms with Gasteiger partial charge in [0, 0.05) is 24.5 Å². The SMILES string of the molecule is BrC1CCN(CCC2CCCO2)C1. The molecule has 0 radical (unpaired) electrons. The third-order valence-corrected chi connectivity index (χ3v) is 3.75. The van der Waals surface area contributed by atoms with Crippen LogP contribution in [0.2, 0.25) is 0 Å². The molecule has 0 spiro atoms. The third-order valence-electron chi connectivity index (χ3n) is 3.01. The molecule has 2 aliphatic rings. The minimum absolute atomic E-state index is 0.564. The molecule has 2 nitrogen and oxygen atoms in total. The van der Waals surface area contributed by atoms with E-state index in [1.54, 1.807) is 0 Å². The Balaban J connectivity index is 1.62. The quantitative estimate of drug-likeness (QED) is 0.708. The van der Waals surface area contributed by atoms with Crippen molar-refractivity contribution >= 4 is 15.9 Å². The van der Waals surface area contributed by atoms with Crippen LogP contribution >= 0.6 is 15.9 Å². The molecule has 0 bridgehead atoms. The zero-order valence-electron chi connectivity index (χ0n) is 8.04. The molecular weight excluding hydrogens is 230 g/mol. The van der Waals surface area contributed by atoms with Crippen molar-refractivity contribution in [2.45, 2.75) is 36.6 Å². The molecule has 2 rings (SSSR count). The van der Waals surface area contributed by atoms with Crippen molar-refractivity contribution in [1.29, 1.82) is 0 Å². The van der Waals surface area contributed by atoms with Gasteiger partial charge in [-0.05, 0) is 32.2 Å². The van der Waals surface area contributed by atoms with Crippen LogP contribution in [0.1, 0.15) is 25.7 Å². The lowest BCUT2D eigenvalue weighted by atomic mass is 10.2. The molecule has 2 aliphatic heterocycles. The van der Waals surface area contributed by atoms with Crippen LogP contribution in [0.25, 0.3) is 0 Å². The molecule has 2 unspecified atom stereocenters. The summed E-state index contributed by atoms with van der Waals surface area (Å²) in [5, 5.41) is 0. The Morgan fingerprint density at radius 1 is 1.38 bits per heavy atom. The number of nitrogens with zero attached hydrogens (tertiary/aromatic N) is 1. The van der Waals surface area contributed by atoms with Gasteiger partial charge in [-0.25, -0.2) is 0 Å². The van der Waals surface area contributed by atoms with E-state index < -0.39 is 0 Å². The van der Waals surface area contributed by atoms with Crippen LogP contribution in [0, 0.1) is 0 Å². The standard InChI is InChI=1S/C10H18BrNO/c11-9-3-5-12(8-9)6-4-10-2-1-7-13-10/h9-10H,1-8H2. The molecule has 0 aromatic rings. The van der Waals surface area contributed by atoms with Crippen molar-refractivity contribution in [2.24, 2.45) is 0 Å². The second-order valence-electron chi connectivity index (χ2n) is 4.11. The van der Waals surface area contributed by atoms with E-state index >= 15 is 0 Å². The van der Waals surface area contributed by atoms with Crippen molar-refractivity contribution in [3.63, 3.8) is 0 Å². The van der Waals surface area contributed by atoms with Crippen LogP contribution in [0.4, 0.5) is 0 Å². The Kier molecular flexibility index (Phi) is 3.64. The minimum Gasteiger partial charge on any atom is -0.378 e. The summed E-state index contributed by atoms with van der Waals surface area (Å²) in [6.07, 6.45) is 5.66. The second kappa shape index (κ2) is 4.76. The summed E-state index contributed by atoms with van der Waals surface area (Å²) in [4.78, 5) is 3.28. The Morgan fingerprint density at radius 3 is 2.92 bits per heavy atom. The van der Waals surface area contributed by atoms with Crippen molar-refractivity contribution in [1.82, 2.24) is 4.90 Å². The van der Waals surface area contributed by atoms with Crippen molar-refractivity contribution in [3.05, 3.63) is 0 Å². The van der Waals surface area contributed by atoms with Crippen molar-refractivity contribution < 1.29 is 4.74 Å². The summed E-state index contributed by atoms with van der Waals surface area (Å²) in [6, 6.07) is 0. The fourth-order valence-corrected chi connectivity index (χ4v) is 2.80. The molecule has 0 N–H and O–H groups in total. The van der Waals surface area contributed by atoms with E-state index in [-0.39, 0.29) is 0 Å². The predicted octanol–water partition coefficient (Wildman–Crippen LogP) is 2.02. The van der Waals surface area contributed by atoms with Gasteiger partial charge in [0.25, 0.3) is 0 Å². The zero-order valence-corrected chi connectivity index (χ0v) is 9.63. The highest BCUT2D eigenvalue weighted by atomic mass is 79.9. The normalized spacial score (nSPS) is 35.8. The van der Waals surface area contributed by atoms with Gasteiger partial charge in [-0.3, -0.25) is 0 Å². The number of ether oxygens (including phenoxy) is 1. The molecule has 0 aromatic heterocycles. The van der Waals surface area contributed by atoms with Gasteiger partial charge in [-0.1, -0.05) is 15.9 Å². The van der Waals surface area contributed by atoms with Crippen molar-refractivity contribution in [3.8, 4) is 0 Å². The maximum absolute atomic E-state index is 5.60. The van der Waals surface area contributed by atoms with Crippen LogP contribution in [-0.2, 0) is 4.74 Å². The van der Waals surface area contributed by atoms with Gasteiger partial charge in [0.1, 0.15) is 0 Å². The van der Waals surface area contributed by atoms with Gasteiger partial charge >= 0.3 is 0 Å². The maximum atomic E-state index is 5.60. The third kappa shape index (κ3) is 2.93. The maximum Gasteiger partial charge on any atom is 0.0588 e. The van der Waals surface area contributed by atoms with Gasteiger partial charge < -0.3 is 9.64 Å². The van der Waals surface area contributed by atoms with Crippen molar-refractivity contribution in [2.75, 3.05) is 26.2 Å². The van der Waals surface area contributed by atoms with Gasteiger partial charge in [-0.15, -0.1) is 0 Å². The van der Waals surface area contributed by atoms with E-state index in [9.17, 15) is 0 Å². The van der Waals surface area contributed by atoms with Gasteiger partial charge in [0.2, 0.25) is 0 Å². The predicted molar refractivity (Wildman–Crippen MR) is 57.4 cm³/mol. The molecule has 2 saturated heterocycles. The average molecular weight is 248 g/mol. The first kappa shape index (κ1) is 9.94. The molecule has 76 valence electrons.